The first-order chi connectivity index (χ1) is 13.5. The van der Waals surface area contributed by atoms with Crippen LogP contribution in [0.5, 0.6) is 5.75 Å². The van der Waals surface area contributed by atoms with E-state index in [1.807, 2.05) is 26.0 Å². The van der Waals surface area contributed by atoms with Gasteiger partial charge in [0.05, 0.1) is 10.5 Å². The molecule has 0 aliphatic carbocycles. The van der Waals surface area contributed by atoms with Gasteiger partial charge in [-0.15, -0.1) is 11.8 Å². The molecule has 2 N–H and O–H groups in total. The first-order valence-electron chi connectivity index (χ1n) is 9.31. The quantitative estimate of drug-likeness (QED) is 0.670. The molecule has 1 aliphatic rings. The maximum atomic E-state index is 12.3. The van der Waals surface area contributed by atoms with Crippen LogP contribution in [0, 0.1) is 13.8 Å². The molecule has 0 spiro atoms. The highest BCUT2D eigenvalue weighted by Crippen LogP contribution is 2.44. The number of nitrogens with zero attached hydrogens (tertiary/aromatic N) is 1. The van der Waals surface area contributed by atoms with Gasteiger partial charge in [-0.2, -0.15) is 5.10 Å². The van der Waals surface area contributed by atoms with Gasteiger partial charge in [0, 0.05) is 11.3 Å². The number of anilines is 1. The lowest BCUT2D eigenvalue weighted by Gasteiger charge is -2.18. The molecule has 3 aromatic rings. The Kier molecular flexibility index (Phi) is 5.13. The van der Waals surface area contributed by atoms with Crippen molar-refractivity contribution in [3.8, 4) is 5.75 Å². The second kappa shape index (κ2) is 7.72. The molecule has 1 amide bonds. The Morgan fingerprint density at radius 1 is 1.07 bits per heavy atom. The topological polar surface area (TPSA) is 67.0 Å². The van der Waals surface area contributed by atoms with Crippen LogP contribution >= 0.6 is 11.8 Å². The molecule has 0 saturated carbocycles. The van der Waals surface area contributed by atoms with Gasteiger partial charge in [0.15, 0.2) is 5.82 Å². The van der Waals surface area contributed by atoms with Crippen molar-refractivity contribution >= 4 is 23.5 Å². The summed E-state index contributed by atoms with van der Waals surface area (Å²) in [4.78, 5) is 12.3. The Hall–Kier alpha value is -2.73. The Bertz CT molecular complexity index is 980. The fourth-order valence-corrected chi connectivity index (χ4v) is 4.57. The molecular formula is C22H23N3O2S. The van der Waals surface area contributed by atoms with Gasteiger partial charge in [-0.05, 0) is 44.0 Å². The fourth-order valence-electron chi connectivity index (χ4n) is 3.24. The zero-order valence-corrected chi connectivity index (χ0v) is 17.0. The van der Waals surface area contributed by atoms with Gasteiger partial charge >= 0.3 is 0 Å². The number of thioether (sulfide) groups is 1. The molecule has 2 aromatic carbocycles. The number of rotatable bonds is 4. The first-order valence-corrected chi connectivity index (χ1v) is 10.2. The zero-order valence-electron chi connectivity index (χ0n) is 16.2. The number of hydrogen-bond acceptors (Lipinski definition) is 4. The number of benzene rings is 2. The summed E-state index contributed by atoms with van der Waals surface area (Å²) in [5.74, 6) is 1.44. The highest BCUT2D eigenvalue weighted by atomic mass is 32.2. The van der Waals surface area contributed by atoms with E-state index in [4.69, 9.17) is 4.74 Å². The normalized spacial score (nSPS) is 18.9. The van der Waals surface area contributed by atoms with Crippen molar-refractivity contribution in [1.29, 1.82) is 0 Å². The van der Waals surface area contributed by atoms with Crippen molar-refractivity contribution in [1.82, 2.24) is 10.2 Å². The fraction of sp³-hybridized carbons (Fsp3) is 0.273. The highest BCUT2D eigenvalue weighted by molar-refractivity contribution is 8.01. The van der Waals surface area contributed by atoms with Gasteiger partial charge < -0.3 is 10.1 Å². The van der Waals surface area contributed by atoms with Crippen LogP contribution in [0.25, 0.3) is 0 Å². The number of carbonyl (C=O) groups is 1. The summed E-state index contributed by atoms with van der Waals surface area (Å²) in [7, 11) is 0. The lowest BCUT2D eigenvalue weighted by atomic mass is 10.0. The molecule has 144 valence electrons. The van der Waals surface area contributed by atoms with Crippen molar-refractivity contribution in [2.45, 2.75) is 37.9 Å². The molecule has 1 aliphatic heterocycles. The SMILES string of the molecule is Cc1ccc(COc2ccc([C@H]3S[C@H](C)C(=O)Nc4n[nH]c(C)c43)cc2)cc1. The number of aromatic amines is 1. The molecule has 2 atom stereocenters. The highest BCUT2D eigenvalue weighted by Gasteiger charge is 2.32. The van der Waals surface area contributed by atoms with E-state index in [9.17, 15) is 4.79 Å². The van der Waals surface area contributed by atoms with Crippen molar-refractivity contribution in [3.05, 3.63) is 76.5 Å². The van der Waals surface area contributed by atoms with Crippen molar-refractivity contribution in [2.24, 2.45) is 0 Å². The summed E-state index contributed by atoms with van der Waals surface area (Å²) < 4.78 is 5.92. The smallest absolute Gasteiger partial charge is 0.238 e. The van der Waals surface area contributed by atoms with Gasteiger partial charge in [0.2, 0.25) is 5.91 Å². The number of nitrogens with one attached hydrogen (secondary N) is 2. The van der Waals surface area contributed by atoms with Crippen LogP contribution in [-0.2, 0) is 11.4 Å². The predicted molar refractivity (Wildman–Crippen MR) is 113 cm³/mol. The van der Waals surface area contributed by atoms with E-state index in [1.165, 1.54) is 5.56 Å². The molecule has 0 bridgehead atoms. The van der Waals surface area contributed by atoms with Crippen LogP contribution < -0.4 is 10.1 Å². The van der Waals surface area contributed by atoms with Crippen molar-refractivity contribution < 1.29 is 9.53 Å². The molecule has 1 aromatic heterocycles. The Balaban J connectivity index is 1.53. The maximum Gasteiger partial charge on any atom is 0.238 e. The van der Waals surface area contributed by atoms with Gasteiger partial charge in [-0.1, -0.05) is 42.0 Å². The van der Waals surface area contributed by atoms with E-state index in [0.717, 1.165) is 28.1 Å². The summed E-state index contributed by atoms with van der Waals surface area (Å²) in [6.07, 6.45) is 0. The predicted octanol–water partition coefficient (Wildman–Crippen LogP) is 4.77. The van der Waals surface area contributed by atoms with Gasteiger partial charge in [0.25, 0.3) is 0 Å². The lowest BCUT2D eigenvalue weighted by Crippen LogP contribution is -2.21. The molecule has 0 fully saturated rings. The van der Waals surface area contributed by atoms with E-state index in [1.54, 1.807) is 11.8 Å². The second-order valence-electron chi connectivity index (χ2n) is 7.10. The van der Waals surface area contributed by atoms with Gasteiger partial charge in [0.1, 0.15) is 12.4 Å². The van der Waals surface area contributed by atoms with E-state index < -0.39 is 0 Å². The average molecular weight is 394 g/mol. The molecule has 28 heavy (non-hydrogen) atoms. The number of fused-ring (bicyclic) bond motifs is 1. The van der Waals surface area contributed by atoms with Crippen LogP contribution in [-0.4, -0.2) is 21.4 Å². The lowest BCUT2D eigenvalue weighted by molar-refractivity contribution is -0.115. The average Bonchev–Trinajstić information content (AvgIpc) is 2.99. The summed E-state index contributed by atoms with van der Waals surface area (Å²) in [6, 6.07) is 16.5. The van der Waals surface area contributed by atoms with E-state index in [2.05, 4.69) is 58.8 Å². The second-order valence-corrected chi connectivity index (χ2v) is 8.55. The van der Waals surface area contributed by atoms with Crippen LogP contribution in [0.4, 0.5) is 5.82 Å². The largest absolute Gasteiger partial charge is 0.489 e. The number of amides is 1. The number of H-pyrrole nitrogens is 1. The molecule has 4 rings (SSSR count). The summed E-state index contributed by atoms with van der Waals surface area (Å²) in [5, 5.41) is 10.1. The molecular weight excluding hydrogens is 370 g/mol. The number of aromatic nitrogens is 2. The number of carbonyl (C=O) groups excluding carboxylic acids is 1. The zero-order chi connectivity index (χ0) is 19.7. The van der Waals surface area contributed by atoms with E-state index >= 15 is 0 Å². The third-order valence-electron chi connectivity index (χ3n) is 4.92. The van der Waals surface area contributed by atoms with Crippen LogP contribution in [0.1, 0.15) is 40.1 Å². The number of ether oxygens (including phenoxy) is 1. The molecule has 2 heterocycles. The third-order valence-corrected chi connectivity index (χ3v) is 6.32. The van der Waals surface area contributed by atoms with Crippen LogP contribution in [0.15, 0.2) is 48.5 Å². The minimum absolute atomic E-state index is 0.0155. The summed E-state index contributed by atoms with van der Waals surface area (Å²) in [6.45, 7) is 6.53. The molecule has 6 heteroatoms. The van der Waals surface area contributed by atoms with Gasteiger partial charge in [-0.25, -0.2) is 0 Å². The Labute approximate surface area is 168 Å². The van der Waals surface area contributed by atoms with Crippen LogP contribution in [0.2, 0.25) is 0 Å². The van der Waals surface area contributed by atoms with Crippen LogP contribution in [0.3, 0.4) is 0 Å². The Morgan fingerprint density at radius 2 is 1.79 bits per heavy atom. The molecule has 0 saturated heterocycles. The van der Waals surface area contributed by atoms with Gasteiger partial charge in [-0.3, -0.25) is 9.89 Å². The van der Waals surface area contributed by atoms with Crippen molar-refractivity contribution in [3.63, 3.8) is 0 Å². The minimum atomic E-state index is -0.156. The summed E-state index contributed by atoms with van der Waals surface area (Å²) >= 11 is 1.63. The maximum absolute atomic E-state index is 12.3. The number of hydrogen-bond donors (Lipinski definition) is 2. The Morgan fingerprint density at radius 3 is 2.50 bits per heavy atom. The third kappa shape index (κ3) is 3.78. The standard InChI is InChI=1S/C22H23N3O2S/c1-13-4-6-16(7-5-13)12-27-18-10-8-17(9-11-18)20-19-14(2)24-25-21(19)23-22(26)15(3)28-20/h4-11,15,20H,12H2,1-3H3,(H2,23,24,25,26)/t15-,20-/m1/s1. The molecule has 5 nitrogen and oxygen atoms in total. The number of aryl methyl sites for hydroxylation is 2. The first kappa shape index (κ1) is 18.6. The summed E-state index contributed by atoms with van der Waals surface area (Å²) in [5.41, 5.74) is 5.52. The monoisotopic (exact) mass is 393 g/mol. The molecule has 0 unspecified atom stereocenters. The van der Waals surface area contributed by atoms with E-state index in [0.29, 0.717) is 12.4 Å². The van der Waals surface area contributed by atoms with E-state index in [-0.39, 0.29) is 16.4 Å². The minimum Gasteiger partial charge on any atom is -0.489 e. The van der Waals surface area contributed by atoms with Crippen molar-refractivity contribution in [2.75, 3.05) is 5.32 Å². The molecule has 0 radical (unpaired) electrons.